The summed E-state index contributed by atoms with van der Waals surface area (Å²) in [5.41, 5.74) is 7.36. The molecule has 4 atom stereocenters. The van der Waals surface area contributed by atoms with Crippen LogP contribution in [0.15, 0.2) is 4.90 Å². The third kappa shape index (κ3) is 8.91. The zero-order chi connectivity index (χ0) is 34.4. The molecule has 5 heteroatoms. The number of fused-ring (bicyclic) bond motifs is 2. The summed E-state index contributed by atoms with van der Waals surface area (Å²) in [6.07, 6.45) is 17.9. The first-order valence-electron chi connectivity index (χ1n) is 18.2. The largest absolute Gasteiger partial charge is 0.507 e. The van der Waals surface area contributed by atoms with Crippen molar-refractivity contribution < 1.29 is 19.7 Å². The summed E-state index contributed by atoms with van der Waals surface area (Å²) in [6.45, 7) is 23.8. The van der Waals surface area contributed by atoms with Crippen LogP contribution in [-0.4, -0.2) is 27.7 Å². The minimum absolute atomic E-state index is 0.0675. The van der Waals surface area contributed by atoms with Crippen molar-refractivity contribution in [2.45, 2.75) is 176 Å². The lowest BCUT2D eigenvalue weighted by molar-refractivity contribution is 0.0511. The number of hydrogen-bond donors (Lipinski definition) is 2. The molecule has 260 valence electrons. The third-order valence-electron chi connectivity index (χ3n) is 11.3. The molecule has 0 aromatic heterocycles. The number of hydrogen-bond acceptors (Lipinski definition) is 5. The topological polar surface area (TPSA) is 58.9 Å². The van der Waals surface area contributed by atoms with E-state index in [1.54, 1.807) is 11.8 Å². The van der Waals surface area contributed by atoms with Gasteiger partial charge in [0.2, 0.25) is 0 Å². The van der Waals surface area contributed by atoms with Gasteiger partial charge in [-0.25, -0.2) is 0 Å². The molecular weight excluding hydrogens is 589 g/mol. The molecule has 0 spiro atoms. The predicted molar refractivity (Wildman–Crippen MR) is 198 cm³/mol. The first-order valence-corrected chi connectivity index (χ1v) is 19.4. The average Bonchev–Trinajstić information content (AvgIpc) is 3.40. The van der Waals surface area contributed by atoms with Crippen molar-refractivity contribution >= 4 is 11.8 Å². The van der Waals surface area contributed by atoms with Crippen molar-refractivity contribution in [1.82, 2.24) is 0 Å². The van der Waals surface area contributed by atoms with Crippen LogP contribution in [0.3, 0.4) is 0 Å². The lowest BCUT2D eigenvalue weighted by atomic mass is 9.84. The molecule has 0 fully saturated rings. The quantitative estimate of drug-likeness (QED) is 0.210. The van der Waals surface area contributed by atoms with Crippen molar-refractivity contribution in [2.24, 2.45) is 11.8 Å². The van der Waals surface area contributed by atoms with Gasteiger partial charge in [0, 0.05) is 23.1 Å². The summed E-state index contributed by atoms with van der Waals surface area (Å²) in [7, 11) is 0. The molecule has 2 aromatic rings. The van der Waals surface area contributed by atoms with E-state index in [4.69, 9.17) is 9.47 Å². The Morgan fingerprint density at radius 1 is 0.696 bits per heavy atom. The Labute approximate surface area is 286 Å². The maximum atomic E-state index is 10.4. The Kier molecular flexibility index (Phi) is 13.7. The Hall–Kier alpha value is -2.01. The van der Waals surface area contributed by atoms with Gasteiger partial charge in [-0.3, -0.25) is 0 Å². The second-order valence-corrected chi connectivity index (χ2v) is 16.1. The monoisotopic (exact) mass is 654 g/mol. The molecule has 0 aliphatic carbocycles. The summed E-state index contributed by atoms with van der Waals surface area (Å²) in [6, 6.07) is 0. The fourth-order valence-corrected chi connectivity index (χ4v) is 8.14. The second-order valence-electron chi connectivity index (χ2n) is 15.3. The van der Waals surface area contributed by atoms with Gasteiger partial charge < -0.3 is 19.7 Å². The second kappa shape index (κ2) is 16.4. The van der Waals surface area contributed by atoms with Crippen molar-refractivity contribution in [3.05, 3.63) is 38.9 Å². The SMILES string of the molecule is CCC1(C)Cc2c(C)c(O)c(SC)c(C)c2O1.CCCCC(C)CCCC(C)CCCC1(C)CCc2c(C)c(O)c(C)c(C)c2O1. The average molecular weight is 655 g/mol. The number of thioether (sulfide) groups is 1. The Morgan fingerprint density at radius 3 is 1.83 bits per heavy atom. The van der Waals surface area contributed by atoms with E-state index in [0.717, 1.165) is 88.2 Å². The van der Waals surface area contributed by atoms with E-state index in [9.17, 15) is 10.2 Å². The van der Waals surface area contributed by atoms with Gasteiger partial charge in [0.25, 0.3) is 0 Å². The van der Waals surface area contributed by atoms with Gasteiger partial charge in [-0.15, -0.1) is 11.8 Å². The summed E-state index contributed by atoms with van der Waals surface area (Å²) in [5.74, 6) is 4.63. The molecule has 2 aromatic carbocycles. The standard InChI is InChI=1S/C27H46O2.C14H20O2S/c1-8-9-12-19(2)13-10-14-20(3)15-11-17-27(7)18-16-24-23(6)25(28)21(4)22(5)26(24)29-27;1-6-14(4)7-10-8(2)11(15)13(17-5)9(3)12(10)16-14/h19-20,28H,8-18H2,1-7H3;15H,6-7H2,1-5H3. The van der Waals surface area contributed by atoms with Gasteiger partial charge in [-0.1, -0.05) is 72.6 Å². The lowest BCUT2D eigenvalue weighted by Gasteiger charge is -2.38. The van der Waals surface area contributed by atoms with Crippen LogP contribution >= 0.6 is 11.8 Å². The highest BCUT2D eigenvalue weighted by Gasteiger charge is 2.37. The van der Waals surface area contributed by atoms with E-state index in [0.29, 0.717) is 11.5 Å². The number of ether oxygens (including phenoxy) is 2. The van der Waals surface area contributed by atoms with Gasteiger partial charge >= 0.3 is 0 Å². The number of unbranched alkanes of at least 4 members (excludes halogenated alkanes) is 1. The van der Waals surface area contributed by atoms with Gasteiger partial charge in [0.1, 0.15) is 34.2 Å². The van der Waals surface area contributed by atoms with E-state index < -0.39 is 0 Å². The lowest BCUT2D eigenvalue weighted by Crippen LogP contribution is -2.37. The van der Waals surface area contributed by atoms with Crippen molar-refractivity contribution in [3.8, 4) is 23.0 Å². The first kappa shape index (κ1) is 38.4. The molecule has 2 aliphatic rings. The fraction of sp³-hybridized carbons (Fsp3) is 0.707. The fourth-order valence-electron chi connectivity index (χ4n) is 7.40. The van der Waals surface area contributed by atoms with Crippen LogP contribution in [0.25, 0.3) is 0 Å². The smallest absolute Gasteiger partial charge is 0.132 e. The number of benzene rings is 2. The molecular formula is C41H66O4S. The Morgan fingerprint density at radius 2 is 1.24 bits per heavy atom. The van der Waals surface area contributed by atoms with Crippen LogP contribution in [0.1, 0.15) is 151 Å². The molecule has 2 N–H and O–H groups in total. The van der Waals surface area contributed by atoms with E-state index >= 15 is 0 Å². The van der Waals surface area contributed by atoms with Crippen molar-refractivity contribution in [2.75, 3.05) is 6.26 Å². The number of phenols is 2. The van der Waals surface area contributed by atoms with E-state index in [1.165, 1.54) is 62.5 Å². The summed E-state index contributed by atoms with van der Waals surface area (Å²) in [5, 5.41) is 20.6. The highest BCUT2D eigenvalue weighted by atomic mass is 32.2. The van der Waals surface area contributed by atoms with Crippen LogP contribution in [-0.2, 0) is 12.8 Å². The highest BCUT2D eigenvalue weighted by Crippen LogP contribution is 2.48. The maximum Gasteiger partial charge on any atom is 0.132 e. The molecule has 2 aliphatic heterocycles. The van der Waals surface area contributed by atoms with Crippen LogP contribution in [0.4, 0.5) is 0 Å². The van der Waals surface area contributed by atoms with Crippen molar-refractivity contribution in [1.29, 1.82) is 0 Å². The minimum atomic E-state index is -0.110. The molecule has 0 amide bonds. The van der Waals surface area contributed by atoms with E-state index in [1.807, 2.05) is 34.0 Å². The number of phenolic OH excluding ortho intramolecular Hbond substituents is 2. The van der Waals surface area contributed by atoms with Crippen molar-refractivity contribution in [3.63, 3.8) is 0 Å². The molecule has 4 rings (SSSR count). The molecule has 0 radical (unpaired) electrons. The summed E-state index contributed by atoms with van der Waals surface area (Å²) >= 11 is 1.58. The molecule has 46 heavy (non-hydrogen) atoms. The normalized spacial score (nSPS) is 21.4. The number of rotatable bonds is 13. The van der Waals surface area contributed by atoms with E-state index in [2.05, 4.69) is 48.5 Å². The van der Waals surface area contributed by atoms with Crippen LogP contribution in [0.2, 0.25) is 0 Å². The van der Waals surface area contributed by atoms with Gasteiger partial charge in [-0.05, 0) is 121 Å². The van der Waals surface area contributed by atoms with E-state index in [-0.39, 0.29) is 11.2 Å². The molecule has 4 nitrogen and oxygen atoms in total. The summed E-state index contributed by atoms with van der Waals surface area (Å²) in [4.78, 5) is 0.946. The first-order chi connectivity index (χ1) is 21.6. The molecule has 0 bridgehead atoms. The zero-order valence-corrected chi connectivity index (χ0v) is 32.3. The minimum Gasteiger partial charge on any atom is -0.507 e. The molecule has 0 saturated carbocycles. The predicted octanol–water partition coefficient (Wildman–Crippen LogP) is 12.0. The third-order valence-corrected chi connectivity index (χ3v) is 12.2. The number of aromatic hydroxyl groups is 2. The Balaban J connectivity index is 0.000000286. The molecule has 2 heterocycles. The van der Waals surface area contributed by atoms with Crippen LogP contribution in [0.5, 0.6) is 23.0 Å². The van der Waals surface area contributed by atoms with Gasteiger partial charge in [0.15, 0.2) is 0 Å². The van der Waals surface area contributed by atoms with Gasteiger partial charge in [-0.2, -0.15) is 0 Å². The highest BCUT2D eigenvalue weighted by molar-refractivity contribution is 7.98. The molecule has 0 saturated heterocycles. The van der Waals surface area contributed by atoms with Gasteiger partial charge in [0.05, 0.1) is 4.90 Å². The molecule has 4 unspecified atom stereocenters. The Bertz CT molecular complexity index is 1330. The zero-order valence-electron chi connectivity index (χ0n) is 31.5. The van der Waals surface area contributed by atoms with Crippen LogP contribution in [0, 0.1) is 46.5 Å². The van der Waals surface area contributed by atoms with Crippen LogP contribution < -0.4 is 9.47 Å². The summed E-state index contributed by atoms with van der Waals surface area (Å²) < 4.78 is 12.7. The maximum absolute atomic E-state index is 10.4.